The molecular formula is C20H22BrFN2O2S. The molecule has 0 radical (unpaired) electrons. The highest BCUT2D eigenvalue weighted by molar-refractivity contribution is 9.10. The van der Waals surface area contributed by atoms with Crippen molar-refractivity contribution in [3.8, 4) is 5.75 Å². The summed E-state index contributed by atoms with van der Waals surface area (Å²) in [5.41, 5.74) is 0.900. The van der Waals surface area contributed by atoms with Crippen LogP contribution in [0.1, 0.15) is 43.0 Å². The van der Waals surface area contributed by atoms with Gasteiger partial charge in [-0.2, -0.15) is 0 Å². The lowest BCUT2D eigenvalue weighted by atomic mass is 10.2. The average molecular weight is 453 g/mol. The molecule has 0 atom stereocenters. The summed E-state index contributed by atoms with van der Waals surface area (Å²) in [6, 6.07) is 10.9. The number of anilines is 1. The Labute approximate surface area is 172 Å². The van der Waals surface area contributed by atoms with Crippen LogP contribution < -0.4 is 15.4 Å². The quantitative estimate of drug-likeness (QED) is 0.399. The lowest BCUT2D eigenvalue weighted by molar-refractivity contribution is 0.0977. The van der Waals surface area contributed by atoms with Crippen LogP contribution in [-0.2, 0) is 0 Å². The van der Waals surface area contributed by atoms with Crippen molar-refractivity contribution in [1.82, 2.24) is 5.32 Å². The molecule has 0 aliphatic rings. The summed E-state index contributed by atoms with van der Waals surface area (Å²) in [4.78, 5) is 12.3. The van der Waals surface area contributed by atoms with E-state index < -0.39 is 0 Å². The first-order valence-corrected chi connectivity index (χ1v) is 10.00. The Hall–Kier alpha value is -1.99. The Morgan fingerprint density at radius 2 is 2.00 bits per heavy atom. The highest BCUT2D eigenvalue weighted by Crippen LogP contribution is 2.26. The molecule has 0 bridgehead atoms. The zero-order valence-corrected chi connectivity index (χ0v) is 17.5. The molecule has 0 aromatic heterocycles. The molecule has 4 nitrogen and oxygen atoms in total. The second-order valence-corrected chi connectivity index (χ2v) is 7.24. The zero-order valence-electron chi connectivity index (χ0n) is 15.1. The molecule has 0 aliphatic heterocycles. The molecule has 0 saturated heterocycles. The fourth-order valence-corrected chi connectivity index (χ4v) is 3.08. The van der Waals surface area contributed by atoms with Crippen molar-refractivity contribution in [2.24, 2.45) is 0 Å². The standard InChI is InChI=1S/C20H22BrFN2O2S/c1-2-3-4-5-11-26-18-10-9-14(12-17(18)21)19(25)24-20(27)23-16-8-6-7-15(22)13-16/h6-10,12-13H,2-5,11H2,1H3,(H2,23,24,25,27). The lowest BCUT2D eigenvalue weighted by Crippen LogP contribution is -2.34. The third kappa shape index (κ3) is 7.27. The smallest absolute Gasteiger partial charge is 0.257 e. The maximum atomic E-state index is 13.2. The Morgan fingerprint density at radius 3 is 2.70 bits per heavy atom. The summed E-state index contributed by atoms with van der Waals surface area (Å²) in [7, 11) is 0. The van der Waals surface area contributed by atoms with Crippen molar-refractivity contribution in [3.63, 3.8) is 0 Å². The first-order chi connectivity index (χ1) is 13.0. The van der Waals surface area contributed by atoms with Gasteiger partial charge in [0.25, 0.3) is 5.91 Å². The molecule has 2 N–H and O–H groups in total. The first kappa shape index (κ1) is 21.3. The van der Waals surface area contributed by atoms with E-state index >= 15 is 0 Å². The highest BCUT2D eigenvalue weighted by Gasteiger charge is 2.11. The van der Waals surface area contributed by atoms with Crippen LogP contribution in [0.15, 0.2) is 46.9 Å². The molecule has 2 aromatic rings. The van der Waals surface area contributed by atoms with Gasteiger partial charge in [0.1, 0.15) is 11.6 Å². The Balaban J connectivity index is 1.88. The molecule has 27 heavy (non-hydrogen) atoms. The number of halogens is 2. The molecule has 2 aromatic carbocycles. The summed E-state index contributed by atoms with van der Waals surface area (Å²) in [6.07, 6.45) is 4.53. The van der Waals surface area contributed by atoms with Crippen molar-refractivity contribution < 1.29 is 13.9 Å². The van der Waals surface area contributed by atoms with Gasteiger partial charge in [-0.05, 0) is 71.0 Å². The zero-order chi connectivity index (χ0) is 19.6. The number of hydrogen-bond donors (Lipinski definition) is 2. The molecule has 0 heterocycles. The Morgan fingerprint density at radius 1 is 1.19 bits per heavy atom. The topological polar surface area (TPSA) is 50.4 Å². The van der Waals surface area contributed by atoms with Crippen LogP contribution in [0.3, 0.4) is 0 Å². The lowest BCUT2D eigenvalue weighted by Gasteiger charge is -2.11. The molecule has 2 rings (SSSR count). The van der Waals surface area contributed by atoms with Crippen molar-refractivity contribution in [1.29, 1.82) is 0 Å². The minimum atomic E-state index is -0.386. The van der Waals surface area contributed by atoms with Gasteiger partial charge in [-0.15, -0.1) is 0 Å². The van der Waals surface area contributed by atoms with Gasteiger partial charge >= 0.3 is 0 Å². The van der Waals surface area contributed by atoms with Crippen molar-refractivity contribution in [2.75, 3.05) is 11.9 Å². The molecule has 0 saturated carbocycles. The number of ether oxygens (including phenoxy) is 1. The van der Waals surface area contributed by atoms with Crippen LogP contribution in [0.2, 0.25) is 0 Å². The number of nitrogens with one attached hydrogen (secondary N) is 2. The van der Waals surface area contributed by atoms with Crippen LogP contribution in [0.5, 0.6) is 5.75 Å². The number of carbonyl (C=O) groups excluding carboxylic acids is 1. The van der Waals surface area contributed by atoms with Crippen molar-refractivity contribution in [2.45, 2.75) is 32.6 Å². The molecule has 7 heteroatoms. The Kier molecular flexibility index (Phi) is 8.67. The van der Waals surface area contributed by atoms with E-state index in [1.54, 1.807) is 30.3 Å². The first-order valence-electron chi connectivity index (χ1n) is 8.80. The number of hydrogen-bond acceptors (Lipinski definition) is 3. The fraction of sp³-hybridized carbons (Fsp3) is 0.300. The van der Waals surface area contributed by atoms with E-state index in [0.29, 0.717) is 28.1 Å². The largest absolute Gasteiger partial charge is 0.492 e. The molecular weight excluding hydrogens is 431 g/mol. The van der Waals surface area contributed by atoms with Gasteiger partial charge < -0.3 is 10.1 Å². The molecule has 0 spiro atoms. The second kappa shape index (κ2) is 11.0. The molecule has 0 unspecified atom stereocenters. The summed E-state index contributed by atoms with van der Waals surface area (Å²) in [5.74, 6) is -0.0500. The molecule has 0 fully saturated rings. The van der Waals surface area contributed by atoms with Gasteiger partial charge in [0.05, 0.1) is 11.1 Å². The second-order valence-electron chi connectivity index (χ2n) is 5.97. The van der Waals surface area contributed by atoms with Crippen LogP contribution in [-0.4, -0.2) is 17.6 Å². The Bertz CT molecular complexity index is 801. The third-order valence-electron chi connectivity index (χ3n) is 3.76. The van der Waals surface area contributed by atoms with E-state index in [1.165, 1.54) is 25.0 Å². The summed E-state index contributed by atoms with van der Waals surface area (Å²) in [5, 5.41) is 5.45. The SMILES string of the molecule is CCCCCCOc1ccc(C(=O)NC(=S)Nc2cccc(F)c2)cc1Br. The maximum Gasteiger partial charge on any atom is 0.257 e. The van der Waals surface area contributed by atoms with E-state index in [-0.39, 0.29) is 16.8 Å². The van der Waals surface area contributed by atoms with Gasteiger partial charge in [0, 0.05) is 11.3 Å². The van der Waals surface area contributed by atoms with Gasteiger partial charge in [0.15, 0.2) is 5.11 Å². The predicted octanol–water partition coefficient (Wildman–Crippen LogP) is 5.67. The number of rotatable bonds is 8. The molecule has 144 valence electrons. The number of carbonyl (C=O) groups is 1. The number of thiocarbonyl (C=S) groups is 1. The van der Waals surface area contributed by atoms with Gasteiger partial charge in [-0.25, -0.2) is 4.39 Å². The van der Waals surface area contributed by atoms with Crippen LogP contribution in [0, 0.1) is 5.82 Å². The summed E-state index contributed by atoms with van der Waals surface area (Å²) >= 11 is 8.54. The van der Waals surface area contributed by atoms with Gasteiger partial charge in [-0.1, -0.05) is 32.3 Å². The summed E-state index contributed by atoms with van der Waals surface area (Å²) < 4.78 is 19.6. The molecule has 1 amide bonds. The fourth-order valence-electron chi connectivity index (χ4n) is 2.37. The van der Waals surface area contributed by atoms with Crippen molar-refractivity contribution in [3.05, 3.63) is 58.3 Å². The van der Waals surface area contributed by atoms with Gasteiger partial charge in [0.2, 0.25) is 0 Å². The minimum Gasteiger partial charge on any atom is -0.492 e. The van der Waals surface area contributed by atoms with E-state index in [4.69, 9.17) is 17.0 Å². The number of benzene rings is 2. The van der Waals surface area contributed by atoms with E-state index in [0.717, 1.165) is 12.8 Å². The van der Waals surface area contributed by atoms with Crippen LogP contribution in [0.25, 0.3) is 0 Å². The summed E-state index contributed by atoms with van der Waals surface area (Å²) in [6.45, 7) is 2.81. The van der Waals surface area contributed by atoms with E-state index in [1.807, 2.05) is 0 Å². The average Bonchev–Trinajstić information content (AvgIpc) is 2.62. The minimum absolute atomic E-state index is 0.0953. The van der Waals surface area contributed by atoms with E-state index in [2.05, 4.69) is 33.5 Å². The highest BCUT2D eigenvalue weighted by atomic mass is 79.9. The van der Waals surface area contributed by atoms with Crippen LogP contribution in [0.4, 0.5) is 10.1 Å². The van der Waals surface area contributed by atoms with E-state index in [9.17, 15) is 9.18 Å². The third-order valence-corrected chi connectivity index (χ3v) is 4.58. The molecule has 0 aliphatic carbocycles. The predicted molar refractivity (Wildman–Crippen MR) is 114 cm³/mol. The monoisotopic (exact) mass is 452 g/mol. The maximum absolute atomic E-state index is 13.2. The van der Waals surface area contributed by atoms with Crippen LogP contribution >= 0.6 is 28.1 Å². The van der Waals surface area contributed by atoms with Gasteiger partial charge in [-0.3, -0.25) is 10.1 Å². The normalized spacial score (nSPS) is 10.3. The number of amides is 1. The van der Waals surface area contributed by atoms with Crippen molar-refractivity contribution >= 4 is 44.9 Å². The number of unbranched alkanes of at least 4 members (excludes halogenated alkanes) is 3.